The molecule has 0 aromatic heterocycles. The molecule has 0 spiro atoms. The Hall–Kier alpha value is -0.280. The molecule has 2 atom stereocenters. The molecule has 4 heteroatoms. The van der Waals surface area contributed by atoms with E-state index in [9.17, 15) is 5.11 Å². The standard InChI is InChI=1S/C16H22Cl2O2/c1-20-16(11-5-3-2-4-6-11)15(19)10-12-9-13(17)7-8-14(12)18/h7-9,11,15-16,19H,2-6,10H2,1H3. The van der Waals surface area contributed by atoms with E-state index in [-0.39, 0.29) is 6.10 Å². The van der Waals surface area contributed by atoms with Crippen LogP contribution in [0.25, 0.3) is 0 Å². The molecule has 0 heterocycles. The van der Waals surface area contributed by atoms with Gasteiger partial charge >= 0.3 is 0 Å². The number of ether oxygens (including phenoxy) is 1. The van der Waals surface area contributed by atoms with Crippen molar-refractivity contribution in [1.29, 1.82) is 0 Å². The number of halogens is 2. The SMILES string of the molecule is COC(C(O)Cc1cc(Cl)ccc1Cl)C1CCCCC1. The fourth-order valence-electron chi connectivity index (χ4n) is 3.17. The number of rotatable bonds is 5. The minimum absolute atomic E-state index is 0.120. The van der Waals surface area contributed by atoms with Gasteiger partial charge in [-0.05, 0) is 42.5 Å². The zero-order chi connectivity index (χ0) is 14.5. The Balaban J connectivity index is 2.04. The monoisotopic (exact) mass is 316 g/mol. The van der Waals surface area contributed by atoms with Gasteiger partial charge in [-0.2, -0.15) is 0 Å². The molecule has 2 rings (SSSR count). The van der Waals surface area contributed by atoms with Gasteiger partial charge in [-0.3, -0.25) is 0 Å². The lowest BCUT2D eigenvalue weighted by Gasteiger charge is -2.32. The highest BCUT2D eigenvalue weighted by Crippen LogP contribution is 2.31. The van der Waals surface area contributed by atoms with Gasteiger partial charge in [-0.15, -0.1) is 0 Å². The van der Waals surface area contributed by atoms with E-state index in [1.165, 1.54) is 19.3 Å². The smallest absolute Gasteiger partial charge is 0.0861 e. The summed E-state index contributed by atoms with van der Waals surface area (Å²) >= 11 is 12.2. The van der Waals surface area contributed by atoms with Crippen LogP contribution in [0.5, 0.6) is 0 Å². The van der Waals surface area contributed by atoms with Gasteiger partial charge in [0.25, 0.3) is 0 Å². The maximum absolute atomic E-state index is 10.5. The molecule has 0 bridgehead atoms. The van der Waals surface area contributed by atoms with Gasteiger partial charge in [0.1, 0.15) is 0 Å². The largest absolute Gasteiger partial charge is 0.390 e. The quantitative estimate of drug-likeness (QED) is 0.867. The molecule has 1 N–H and O–H groups in total. The molecular weight excluding hydrogens is 295 g/mol. The van der Waals surface area contributed by atoms with E-state index in [2.05, 4.69) is 0 Å². The average Bonchev–Trinajstić information content (AvgIpc) is 2.45. The van der Waals surface area contributed by atoms with Crippen molar-refractivity contribution in [2.75, 3.05) is 7.11 Å². The fourth-order valence-corrected chi connectivity index (χ4v) is 3.56. The predicted molar refractivity (Wildman–Crippen MR) is 83.5 cm³/mol. The zero-order valence-electron chi connectivity index (χ0n) is 11.8. The third-order valence-electron chi connectivity index (χ3n) is 4.20. The van der Waals surface area contributed by atoms with Crippen molar-refractivity contribution in [1.82, 2.24) is 0 Å². The lowest BCUT2D eigenvalue weighted by Crippen LogP contribution is -2.37. The molecule has 0 amide bonds. The second-order valence-electron chi connectivity index (χ2n) is 5.61. The molecule has 0 aliphatic heterocycles. The molecule has 1 aliphatic carbocycles. The van der Waals surface area contributed by atoms with Crippen molar-refractivity contribution < 1.29 is 9.84 Å². The van der Waals surface area contributed by atoms with Crippen molar-refractivity contribution in [2.45, 2.75) is 50.7 Å². The Labute approximate surface area is 131 Å². The van der Waals surface area contributed by atoms with E-state index in [0.29, 0.717) is 22.4 Å². The second-order valence-corrected chi connectivity index (χ2v) is 6.45. The Kier molecular flexibility index (Phi) is 6.16. The number of hydrogen-bond acceptors (Lipinski definition) is 2. The summed E-state index contributed by atoms with van der Waals surface area (Å²) in [5.41, 5.74) is 0.879. The van der Waals surface area contributed by atoms with Crippen LogP contribution in [0, 0.1) is 5.92 Å². The summed E-state index contributed by atoms with van der Waals surface area (Å²) in [4.78, 5) is 0. The molecule has 0 radical (unpaired) electrons. The molecule has 1 aromatic rings. The Morgan fingerprint density at radius 3 is 2.60 bits per heavy atom. The number of aliphatic hydroxyl groups is 1. The van der Waals surface area contributed by atoms with Gasteiger partial charge in [0.2, 0.25) is 0 Å². The first-order valence-corrected chi connectivity index (χ1v) is 8.02. The number of aliphatic hydroxyl groups excluding tert-OH is 1. The summed E-state index contributed by atoms with van der Waals surface area (Å²) in [6.45, 7) is 0. The van der Waals surface area contributed by atoms with Crippen molar-refractivity contribution in [2.24, 2.45) is 5.92 Å². The predicted octanol–water partition coefficient (Wildman–Crippen LogP) is 4.49. The van der Waals surface area contributed by atoms with E-state index < -0.39 is 6.10 Å². The second kappa shape index (κ2) is 7.65. The van der Waals surface area contributed by atoms with Crippen LogP contribution in [-0.2, 0) is 11.2 Å². The molecule has 1 saturated carbocycles. The maximum Gasteiger partial charge on any atom is 0.0861 e. The summed E-state index contributed by atoms with van der Waals surface area (Å²) in [6.07, 6.45) is 5.85. The first kappa shape index (κ1) is 16.1. The minimum Gasteiger partial charge on any atom is -0.390 e. The minimum atomic E-state index is -0.543. The van der Waals surface area contributed by atoms with E-state index in [1.54, 1.807) is 19.2 Å². The third kappa shape index (κ3) is 4.11. The summed E-state index contributed by atoms with van der Waals surface area (Å²) < 4.78 is 5.57. The zero-order valence-corrected chi connectivity index (χ0v) is 13.3. The van der Waals surface area contributed by atoms with Gasteiger partial charge in [0, 0.05) is 23.6 Å². The van der Waals surface area contributed by atoms with E-state index in [1.807, 2.05) is 6.07 Å². The Bertz CT molecular complexity index is 430. The maximum atomic E-state index is 10.5. The molecular formula is C16H22Cl2O2. The van der Waals surface area contributed by atoms with Crippen molar-refractivity contribution in [3.05, 3.63) is 33.8 Å². The molecule has 2 unspecified atom stereocenters. The van der Waals surface area contributed by atoms with Crippen LogP contribution >= 0.6 is 23.2 Å². The van der Waals surface area contributed by atoms with Crippen LogP contribution in [0.1, 0.15) is 37.7 Å². The van der Waals surface area contributed by atoms with E-state index in [4.69, 9.17) is 27.9 Å². The summed E-state index contributed by atoms with van der Waals surface area (Å²) in [7, 11) is 1.68. The highest BCUT2D eigenvalue weighted by atomic mass is 35.5. The lowest BCUT2D eigenvalue weighted by molar-refractivity contribution is -0.0535. The molecule has 112 valence electrons. The highest BCUT2D eigenvalue weighted by Gasteiger charge is 2.29. The molecule has 1 aliphatic rings. The normalized spacial score (nSPS) is 19.8. The first-order valence-electron chi connectivity index (χ1n) is 7.26. The Morgan fingerprint density at radius 1 is 1.25 bits per heavy atom. The highest BCUT2D eigenvalue weighted by molar-refractivity contribution is 6.33. The molecule has 20 heavy (non-hydrogen) atoms. The Morgan fingerprint density at radius 2 is 1.95 bits per heavy atom. The third-order valence-corrected chi connectivity index (χ3v) is 4.81. The summed E-state index contributed by atoms with van der Waals surface area (Å²) in [5.74, 6) is 0.446. The van der Waals surface area contributed by atoms with Crippen LogP contribution in [0.4, 0.5) is 0 Å². The van der Waals surface area contributed by atoms with Crippen LogP contribution in [0.2, 0.25) is 10.0 Å². The van der Waals surface area contributed by atoms with Gasteiger partial charge < -0.3 is 9.84 Å². The first-order chi connectivity index (χ1) is 9.61. The molecule has 1 aromatic carbocycles. The lowest BCUT2D eigenvalue weighted by atomic mass is 9.82. The number of benzene rings is 1. The summed E-state index contributed by atoms with van der Waals surface area (Å²) in [5, 5.41) is 11.8. The van der Waals surface area contributed by atoms with Gasteiger partial charge in [-0.25, -0.2) is 0 Å². The van der Waals surface area contributed by atoms with E-state index in [0.717, 1.165) is 18.4 Å². The molecule has 2 nitrogen and oxygen atoms in total. The fraction of sp³-hybridized carbons (Fsp3) is 0.625. The van der Waals surface area contributed by atoms with Crippen molar-refractivity contribution in [3.63, 3.8) is 0 Å². The molecule has 0 saturated heterocycles. The number of methoxy groups -OCH3 is 1. The van der Waals surface area contributed by atoms with Crippen molar-refractivity contribution in [3.8, 4) is 0 Å². The van der Waals surface area contributed by atoms with Crippen LogP contribution in [0.15, 0.2) is 18.2 Å². The molecule has 1 fully saturated rings. The summed E-state index contributed by atoms with van der Waals surface area (Å²) in [6, 6.07) is 5.35. The van der Waals surface area contributed by atoms with Gasteiger partial charge in [0.15, 0.2) is 0 Å². The van der Waals surface area contributed by atoms with Crippen LogP contribution in [0.3, 0.4) is 0 Å². The van der Waals surface area contributed by atoms with Crippen LogP contribution in [-0.4, -0.2) is 24.4 Å². The van der Waals surface area contributed by atoms with Crippen molar-refractivity contribution >= 4 is 23.2 Å². The van der Waals surface area contributed by atoms with Crippen LogP contribution < -0.4 is 0 Å². The number of hydrogen-bond donors (Lipinski definition) is 1. The average molecular weight is 317 g/mol. The topological polar surface area (TPSA) is 29.5 Å². The van der Waals surface area contributed by atoms with E-state index >= 15 is 0 Å². The van der Waals surface area contributed by atoms with Gasteiger partial charge in [0.05, 0.1) is 12.2 Å². The van der Waals surface area contributed by atoms with Gasteiger partial charge in [-0.1, -0.05) is 42.5 Å².